The van der Waals surface area contributed by atoms with E-state index in [4.69, 9.17) is 4.98 Å². The molecule has 7 nitrogen and oxygen atoms in total. The van der Waals surface area contributed by atoms with E-state index in [1.54, 1.807) is 13.1 Å². The number of amides is 1. The van der Waals surface area contributed by atoms with Gasteiger partial charge in [-0.05, 0) is 42.7 Å². The number of carbonyl (C=O) groups is 1. The maximum atomic E-state index is 11.7. The largest absolute Gasteiger partial charge is 0.355 e. The highest BCUT2D eigenvalue weighted by Gasteiger charge is 2.40. The highest BCUT2D eigenvalue weighted by molar-refractivity contribution is 5.91. The Hall–Kier alpha value is -3.74. The number of benzene rings is 1. The van der Waals surface area contributed by atoms with Crippen molar-refractivity contribution in [3.8, 4) is 0 Å². The Bertz CT molecular complexity index is 1160. The molecule has 1 N–H and O–H groups in total. The van der Waals surface area contributed by atoms with Gasteiger partial charge in [0.2, 0.25) is 0 Å². The number of nitrogens with one attached hydrogen (secondary N) is 1. The minimum absolute atomic E-state index is 0.154. The van der Waals surface area contributed by atoms with Gasteiger partial charge in [0.05, 0.1) is 5.69 Å². The summed E-state index contributed by atoms with van der Waals surface area (Å²) < 4.78 is 2.09. The van der Waals surface area contributed by atoms with Gasteiger partial charge in [-0.1, -0.05) is 36.4 Å². The summed E-state index contributed by atoms with van der Waals surface area (Å²) in [5, 5.41) is 11.0. The van der Waals surface area contributed by atoms with Gasteiger partial charge in [0, 0.05) is 37.9 Å². The van der Waals surface area contributed by atoms with Gasteiger partial charge in [-0.15, -0.1) is 10.2 Å². The molecule has 1 amide bonds. The standard InChI is InChI=1S/C24H24N6O/c1-25-23(31)19-10-11-22(28-27-19)29-15-12-24(13-16-29,18-7-3-2-4-8-18)20-17-30-14-6-5-9-21(30)26-20/h2-11,14,17H,12-13,15-16H2,1H3,(H,25,31). The zero-order chi connectivity index (χ0) is 21.3. The third-order valence-corrected chi connectivity index (χ3v) is 6.23. The molecule has 3 aromatic heterocycles. The monoisotopic (exact) mass is 412 g/mol. The van der Waals surface area contributed by atoms with Crippen molar-refractivity contribution in [1.29, 1.82) is 0 Å². The summed E-state index contributed by atoms with van der Waals surface area (Å²) in [6, 6.07) is 20.4. The molecule has 0 saturated carbocycles. The molecule has 1 fully saturated rings. The fourth-order valence-electron chi connectivity index (χ4n) is 4.48. The molecule has 5 rings (SSSR count). The predicted molar refractivity (Wildman–Crippen MR) is 119 cm³/mol. The van der Waals surface area contributed by atoms with E-state index >= 15 is 0 Å². The van der Waals surface area contributed by atoms with Gasteiger partial charge in [-0.3, -0.25) is 4.79 Å². The van der Waals surface area contributed by atoms with Crippen LogP contribution in [0.2, 0.25) is 0 Å². The lowest BCUT2D eigenvalue weighted by molar-refractivity contribution is 0.0957. The summed E-state index contributed by atoms with van der Waals surface area (Å²) in [6.07, 6.45) is 6.04. The molecule has 0 radical (unpaired) electrons. The molecule has 1 aromatic carbocycles. The smallest absolute Gasteiger partial charge is 0.271 e. The third-order valence-electron chi connectivity index (χ3n) is 6.23. The molecule has 4 aromatic rings. The first-order valence-electron chi connectivity index (χ1n) is 10.5. The van der Waals surface area contributed by atoms with Crippen LogP contribution in [-0.2, 0) is 5.41 Å². The number of rotatable bonds is 4. The summed E-state index contributed by atoms with van der Waals surface area (Å²) >= 11 is 0. The predicted octanol–water partition coefficient (Wildman–Crippen LogP) is 3.07. The van der Waals surface area contributed by atoms with Crippen LogP contribution in [-0.4, -0.2) is 45.6 Å². The highest BCUT2D eigenvalue weighted by Crippen LogP contribution is 2.41. The molecule has 156 valence electrons. The molecule has 1 aliphatic heterocycles. The zero-order valence-corrected chi connectivity index (χ0v) is 17.4. The lowest BCUT2D eigenvalue weighted by Crippen LogP contribution is -2.44. The van der Waals surface area contributed by atoms with Gasteiger partial charge >= 0.3 is 0 Å². The summed E-state index contributed by atoms with van der Waals surface area (Å²) in [6.45, 7) is 1.66. The van der Waals surface area contributed by atoms with Crippen LogP contribution < -0.4 is 10.2 Å². The van der Waals surface area contributed by atoms with Crippen molar-refractivity contribution >= 4 is 17.4 Å². The van der Waals surface area contributed by atoms with Crippen LogP contribution in [0.25, 0.3) is 5.65 Å². The number of imidazole rings is 1. The van der Waals surface area contributed by atoms with Crippen LogP contribution in [0.15, 0.2) is 73.1 Å². The highest BCUT2D eigenvalue weighted by atomic mass is 16.1. The van der Waals surface area contributed by atoms with Crippen molar-refractivity contribution in [3.63, 3.8) is 0 Å². The molecule has 0 bridgehead atoms. The van der Waals surface area contributed by atoms with Crippen molar-refractivity contribution in [2.45, 2.75) is 18.3 Å². The molecular weight excluding hydrogens is 388 g/mol. The second-order valence-corrected chi connectivity index (χ2v) is 7.88. The molecular formula is C24H24N6O. The Morgan fingerprint density at radius 2 is 1.74 bits per heavy atom. The number of hydrogen-bond acceptors (Lipinski definition) is 5. The van der Waals surface area contributed by atoms with Gasteiger partial charge in [-0.2, -0.15) is 0 Å². The average Bonchev–Trinajstić information content (AvgIpc) is 3.29. The van der Waals surface area contributed by atoms with E-state index in [1.807, 2.05) is 30.5 Å². The number of nitrogens with zero attached hydrogens (tertiary/aromatic N) is 5. The van der Waals surface area contributed by atoms with Crippen LogP contribution in [0, 0.1) is 0 Å². The molecule has 0 atom stereocenters. The number of hydrogen-bond donors (Lipinski definition) is 1. The summed E-state index contributed by atoms with van der Waals surface area (Å²) in [5.41, 5.74) is 3.53. The van der Waals surface area contributed by atoms with Crippen molar-refractivity contribution in [1.82, 2.24) is 24.9 Å². The van der Waals surface area contributed by atoms with E-state index in [0.29, 0.717) is 5.69 Å². The molecule has 0 spiro atoms. The van der Waals surface area contributed by atoms with Crippen LogP contribution in [0.3, 0.4) is 0 Å². The van der Waals surface area contributed by atoms with Crippen LogP contribution in [0.5, 0.6) is 0 Å². The number of anilines is 1. The number of aromatic nitrogens is 4. The Morgan fingerprint density at radius 1 is 0.968 bits per heavy atom. The van der Waals surface area contributed by atoms with Crippen molar-refractivity contribution in [3.05, 3.63) is 90.0 Å². The lowest BCUT2D eigenvalue weighted by atomic mass is 9.70. The number of fused-ring (bicyclic) bond motifs is 1. The number of piperidine rings is 1. The molecule has 7 heteroatoms. The number of carbonyl (C=O) groups excluding carboxylic acids is 1. The van der Waals surface area contributed by atoms with E-state index in [2.05, 4.69) is 61.3 Å². The van der Waals surface area contributed by atoms with E-state index in [9.17, 15) is 4.79 Å². The fraction of sp³-hybridized carbons (Fsp3) is 0.250. The van der Waals surface area contributed by atoms with Crippen molar-refractivity contribution in [2.24, 2.45) is 0 Å². The second-order valence-electron chi connectivity index (χ2n) is 7.88. The third kappa shape index (κ3) is 3.42. The zero-order valence-electron chi connectivity index (χ0n) is 17.4. The Morgan fingerprint density at radius 3 is 2.42 bits per heavy atom. The van der Waals surface area contributed by atoms with Crippen LogP contribution in [0.1, 0.15) is 34.6 Å². The summed E-state index contributed by atoms with van der Waals surface area (Å²) in [5.74, 6) is 0.567. The van der Waals surface area contributed by atoms with Crippen LogP contribution in [0.4, 0.5) is 5.82 Å². The Balaban J connectivity index is 1.45. The molecule has 4 heterocycles. The van der Waals surface area contributed by atoms with Gasteiger partial charge in [0.15, 0.2) is 11.5 Å². The first kappa shape index (κ1) is 19.2. The SMILES string of the molecule is CNC(=O)c1ccc(N2CCC(c3ccccc3)(c3cn4ccccc4n3)CC2)nn1. The maximum Gasteiger partial charge on any atom is 0.271 e. The van der Waals surface area contributed by atoms with E-state index in [-0.39, 0.29) is 11.3 Å². The van der Waals surface area contributed by atoms with Gasteiger partial charge < -0.3 is 14.6 Å². The summed E-state index contributed by atoms with van der Waals surface area (Å²) in [7, 11) is 1.59. The molecule has 1 saturated heterocycles. The van der Waals surface area contributed by atoms with Crippen molar-refractivity contribution < 1.29 is 4.79 Å². The maximum absolute atomic E-state index is 11.7. The Kier molecular flexibility index (Phi) is 4.86. The normalized spacial score (nSPS) is 15.7. The quantitative estimate of drug-likeness (QED) is 0.558. The minimum atomic E-state index is -0.229. The molecule has 0 unspecified atom stereocenters. The van der Waals surface area contributed by atoms with Crippen molar-refractivity contribution in [2.75, 3.05) is 25.0 Å². The van der Waals surface area contributed by atoms with Gasteiger partial charge in [-0.25, -0.2) is 4.98 Å². The molecule has 31 heavy (non-hydrogen) atoms. The second kappa shape index (κ2) is 7.83. The average molecular weight is 412 g/mol. The topological polar surface area (TPSA) is 75.4 Å². The Labute approximate surface area is 180 Å². The van der Waals surface area contributed by atoms with E-state index in [1.165, 1.54) is 5.56 Å². The van der Waals surface area contributed by atoms with Gasteiger partial charge in [0.1, 0.15) is 5.65 Å². The summed E-state index contributed by atoms with van der Waals surface area (Å²) in [4.78, 5) is 19.0. The minimum Gasteiger partial charge on any atom is -0.355 e. The van der Waals surface area contributed by atoms with E-state index in [0.717, 1.165) is 43.1 Å². The number of pyridine rings is 1. The first-order valence-corrected chi connectivity index (χ1v) is 10.5. The molecule has 0 aliphatic carbocycles. The first-order chi connectivity index (χ1) is 15.2. The fourth-order valence-corrected chi connectivity index (χ4v) is 4.48. The van der Waals surface area contributed by atoms with Crippen LogP contribution >= 0.6 is 0 Å². The van der Waals surface area contributed by atoms with E-state index < -0.39 is 0 Å². The lowest BCUT2D eigenvalue weighted by Gasteiger charge is -2.41. The molecule has 1 aliphatic rings. The van der Waals surface area contributed by atoms with Gasteiger partial charge in [0.25, 0.3) is 5.91 Å².